The SMILES string of the molecule is CN=C(NCCCn1nc(C)cc1C)NCC1CCCN1Cc1ccccc1.I. The van der Waals surface area contributed by atoms with E-state index in [4.69, 9.17) is 0 Å². The lowest BCUT2D eigenvalue weighted by Gasteiger charge is -2.25. The summed E-state index contributed by atoms with van der Waals surface area (Å²) >= 11 is 0. The first-order valence-electron chi connectivity index (χ1n) is 10.4. The Kier molecular flexibility index (Phi) is 9.93. The van der Waals surface area contributed by atoms with Gasteiger partial charge in [-0.3, -0.25) is 14.6 Å². The summed E-state index contributed by atoms with van der Waals surface area (Å²) in [6.07, 6.45) is 3.54. The third kappa shape index (κ3) is 7.29. The summed E-state index contributed by atoms with van der Waals surface area (Å²) < 4.78 is 2.08. The first-order chi connectivity index (χ1) is 13.7. The molecule has 0 amide bonds. The lowest BCUT2D eigenvalue weighted by atomic mass is 10.2. The van der Waals surface area contributed by atoms with Gasteiger partial charge in [0.05, 0.1) is 5.69 Å². The Balaban J connectivity index is 0.00000300. The van der Waals surface area contributed by atoms with E-state index >= 15 is 0 Å². The Bertz CT molecular complexity index is 758. The molecule has 1 aliphatic heterocycles. The quantitative estimate of drug-likeness (QED) is 0.248. The highest BCUT2D eigenvalue weighted by atomic mass is 127. The molecule has 0 spiro atoms. The summed E-state index contributed by atoms with van der Waals surface area (Å²) in [7, 11) is 1.84. The second-order valence-corrected chi connectivity index (χ2v) is 7.64. The summed E-state index contributed by atoms with van der Waals surface area (Å²) in [4.78, 5) is 6.96. The number of nitrogens with zero attached hydrogens (tertiary/aromatic N) is 4. The maximum absolute atomic E-state index is 4.52. The fourth-order valence-corrected chi connectivity index (χ4v) is 3.92. The van der Waals surface area contributed by atoms with Gasteiger partial charge < -0.3 is 10.6 Å². The third-order valence-corrected chi connectivity index (χ3v) is 5.40. The number of aliphatic imine (C=N–C) groups is 1. The summed E-state index contributed by atoms with van der Waals surface area (Å²) in [6, 6.07) is 13.4. The molecule has 0 radical (unpaired) electrons. The number of halogens is 1. The van der Waals surface area contributed by atoms with Crippen LogP contribution < -0.4 is 10.6 Å². The average Bonchev–Trinajstić information content (AvgIpc) is 3.27. The Morgan fingerprint density at radius 3 is 2.69 bits per heavy atom. The predicted octanol–water partition coefficient (Wildman–Crippen LogP) is 3.34. The van der Waals surface area contributed by atoms with Gasteiger partial charge in [-0.1, -0.05) is 30.3 Å². The van der Waals surface area contributed by atoms with E-state index < -0.39 is 0 Å². The van der Waals surface area contributed by atoms with E-state index in [1.54, 1.807) is 0 Å². The highest BCUT2D eigenvalue weighted by molar-refractivity contribution is 14.0. The van der Waals surface area contributed by atoms with Gasteiger partial charge in [-0.2, -0.15) is 5.10 Å². The molecule has 2 N–H and O–H groups in total. The van der Waals surface area contributed by atoms with Crippen LogP contribution in [0.1, 0.15) is 36.2 Å². The van der Waals surface area contributed by atoms with Gasteiger partial charge in [0.2, 0.25) is 0 Å². The van der Waals surface area contributed by atoms with Crippen LogP contribution in [0.2, 0.25) is 0 Å². The monoisotopic (exact) mass is 510 g/mol. The number of hydrogen-bond acceptors (Lipinski definition) is 3. The fraction of sp³-hybridized carbons (Fsp3) is 0.545. The molecule has 0 aliphatic carbocycles. The minimum Gasteiger partial charge on any atom is -0.356 e. The lowest BCUT2D eigenvalue weighted by molar-refractivity contribution is 0.245. The minimum absolute atomic E-state index is 0. The van der Waals surface area contributed by atoms with Crippen LogP contribution in [0.25, 0.3) is 0 Å². The lowest BCUT2D eigenvalue weighted by Crippen LogP contribution is -2.45. The van der Waals surface area contributed by atoms with Crippen molar-refractivity contribution in [2.45, 2.75) is 52.2 Å². The molecule has 160 valence electrons. The molecule has 1 unspecified atom stereocenters. The van der Waals surface area contributed by atoms with Gasteiger partial charge in [0, 0.05) is 45.0 Å². The standard InChI is InChI=1S/C22H34N6.HI/c1-18-15-19(2)28(26-18)14-8-12-24-22(23-3)25-16-21-11-7-13-27(21)17-20-9-5-4-6-10-20;/h4-6,9-10,15,21H,7-8,11-14,16-17H2,1-3H3,(H2,23,24,25);1H. The molecule has 3 rings (SSSR count). The molecule has 0 saturated carbocycles. The van der Waals surface area contributed by atoms with E-state index in [0.29, 0.717) is 6.04 Å². The molecule has 1 aromatic heterocycles. The van der Waals surface area contributed by atoms with Crippen LogP contribution in [0, 0.1) is 13.8 Å². The zero-order chi connectivity index (χ0) is 19.8. The van der Waals surface area contributed by atoms with Crippen molar-refractivity contribution in [3.63, 3.8) is 0 Å². The smallest absolute Gasteiger partial charge is 0.191 e. The molecule has 1 fully saturated rings. The molecule has 6 nitrogen and oxygen atoms in total. The minimum atomic E-state index is 0. The first-order valence-corrected chi connectivity index (χ1v) is 10.4. The fourth-order valence-electron chi connectivity index (χ4n) is 3.92. The molecule has 1 saturated heterocycles. The van der Waals surface area contributed by atoms with Gasteiger partial charge >= 0.3 is 0 Å². The maximum Gasteiger partial charge on any atom is 0.191 e. The summed E-state index contributed by atoms with van der Waals surface area (Å²) in [5.41, 5.74) is 3.69. The van der Waals surface area contributed by atoms with Crippen LogP contribution in [0.3, 0.4) is 0 Å². The molecule has 1 atom stereocenters. The Morgan fingerprint density at radius 1 is 1.21 bits per heavy atom. The second kappa shape index (κ2) is 12.2. The number of hydrogen-bond donors (Lipinski definition) is 2. The van der Waals surface area contributed by atoms with E-state index in [0.717, 1.165) is 44.3 Å². The van der Waals surface area contributed by atoms with Crippen molar-refractivity contribution in [2.75, 3.05) is 26.7 Å². The number of aromatic nitrogens is 2. The van der Waals surface area contributed by atoms with Gasteiger partial charge in [-0.25, -0.2) is 0 Å². The molecule has 7 heteroatoms. The predicted molar refractivity (Wildman–Crippen MR) is 131 cm³/mol. The largest absolute Gasteiger partial charge is 0.356 e. The van der Waals surface area contributed by atoms with E-state index in [2.05, 4.69) is 73.6 Å². The second-order valence-electron chi connectivity index (χ2n) is 7.64. The number of likely N-dealkylation sites (tertiary alicyclic amines) is 1. The Morgan fingerprint density at radius 2 is 2.00 bits per heavy atom. The van der Waals surface area contributed by atoms with Gasteiger partial charge in [-0.05, 0) is 51.3 Å². The van der Waals surface area contributed by atoms with Crippen LogP contribution in [0.5, 0.6) is 0 Å². The number of aryl methyl sites for hydroxylation is 3. The van der Waals surface area contributed by atoms with Gasteiger partial charge in [0.25, 0.3) is 0 Å². The first kappa shape index (κ1) is 23.7. The Labute approximate surface area is 192 Å². The highest BCUT2D eigenvalue weighted by Crippen LogP contribution is 2.19. The van der Waals surface area contributed by atoms with Crippen molar-refractivity contribution in [1.29, 1.82) is 0 Å². The molecule has 1 aromatic carbocycles. The van der Waals surface area contributed by atoms with Gasteiger partial charge in [0.15, 0.2) is 5.96 Å². The molecular weight excluding hydrogens is 475 g/mol. The highest BCUT2D eigenvalue weighted by Gasteiger charge is 2.24. The van der Waals surface area contributed by atoms with Gasteiger partial charge in [-0.15, -0.1) is 24.0 Å². The average molecular weight is 510 g/mol. The summed E-state index contributed by atoms with van der Waals surface area (Å²) in [5.74, 6) is 0.889. The number of benzene rings is 1. The molecular formula is C22H35IN6. The number of rotatable bonds is 8. The van der Waals surface area contributed by atoms with Crippen molar-refractivity contribution in [2.24, 2.45) is 4.99 Å². The molecule has 29 heavy (non-hydrogen) atoms. The van der Waals surface area contributed by atoms with Crippen molar-refractivity contribution < 1.29 is 0 Å². The van der Waals surface area contributed by atoms with Crippen molar-refractivity contribution in [1.82, 2.24) is 25.3 Å². The summed E-state index contributed by atoms with van der Waals surface area (Å²) in [5, 5.41) is 11.5. The van der Waals surface area contributed by atoms with Crippen LogP contribution in [-0.4, -0.2) is 53.4 Å². The maximum atomic E-state index is 4.52. The van der Waals surface area contributed by atoms with Crippen LogP contribution in [0.4, 0.5) is 0 Å². The van der Waals surface area contributed by atoms with E-state index in [1.165, 1.54) is 30.6 Å². The van der Waals surface area contributed by atoms with E-state index in [-0.39, 0.29) is 24.0 Å². The van der Waals surface area contributed by atoms with Crippen molar-refractivity contribution >= 4 is 29.9 Å². The normalized spacial score (nSPS) is 17.2. The third-order valence-electron chi connectivity index (χ3n) is 5.40. The number of guanidine groups is 1. The van der Waals surface area contributed by atoms with Crippen LogP contribution in [0.15, 0.2) is 41.4 Å². The summed E-state index contributed by atoms with van der Waals surface area (Å²) in [6.45, 7) is 9.10. The van der Waals surface area contributed by atoms with Crippen molar-refractivity contribution in [3.05, 3.63) is 53.3 Å². The molecule has 1 aliphatic rings. The van der Waals surface area contributed by atoms with Crippen LogP contribution in [-0.2, 0) is 13.1 Å². The zero-order valence-corrected chi connectivity index (χ0v) is 20.2. The van der Waals surface area contributed by atoms with E-state index in [1.807, 2.05) is 14.0 Å². The Hall–Kier alpha value is -1.61. The van der Waals surface area contributed by atoms with E-state index in [9.17, 15) is 0 Å². The molecule has 2 heterocycles. The van der Waals surface area contributed by atoms with Crippen LogP contribution >= 0.6 is 24.0 Å². The topological polar surface area (TPSA) is 57.5 Å². The van der Waals surface area contributed by atoms with Crippen molar-refractivity contribution in [3.8, 4) is 0 Å². The zero-order valence-electron chi connectivity index (χ0n) is 17.9. The van der Waals surface area contributed by atoms with Gasteiger partial charge in [0.1, 0.15) is 0 Å². The molecule has 2 aromatic rings. The number of nitrogens with one attached hydrogen (secondary N) is 2. The molecule has 0 bridgehead atoms.